The standard InChI is InChI=1S/2C23H23ClN6O.C21H20ClFN6O.C21H21ClN6O/c1-14-3-6-17(21(28-14)22-25-9-2-10-26-22)23(31)30-13-15-4-7-19(30)18(11-15)29-20-8-5-16(24)12-27-20;1-14-3-6-17(22-25-9-2-10-26-22)21(28-14)23(31)30-13-15-4-7-19(30)18(11-15)29-20-8-5-16(24)12-27-20;22-14-5-7-19(24-11-14)27-17-10-13-4-6-18(17)28(12-13)21(30)15-2-1-3-16(23)20(15)29-25-8-9-26-29;22-15-6-8-20(23-12-15)26-17-11-14-5-7-19(17)27(13-14)21(29)16-3-1-2-4-18(16)28-24-9-10-25-28/h2*2-3,5-6,8-10,12,15,18-19H,4,7,11,13H2,1H3,(H,27,29);1-3,5,7-9,11,13,17-18H,4,6,10,12H2,(H,24,27);1-4,6,8-10,12,14,17,19H,5,7,11,13H2,(H,23,26). The van der Waals surface area contributed by atoms with E-state index in [9.17, 15) is 23.6 Å². The van der Waals surface area contributed by atoms with Gasteiger partial charge in [-0.3, -0.25) is 19.2 Å². The molecule has 4 N–H and O–H groups in total. The number of nitrogens with zero attached hydrogens (tertiary/aromatic N) is 20. The average molecular weight is 1710 g/mol. The predicted molar refractivity (Wildman–Crippen MR) is 458 cm³/mol. The monoisotopic (exact) mass is 1700 g/mol. The first kappa shape index (κ1) is 81.3. The van der Waals surface area contributed by atoms with Crippen LogP contribution in [-0.2, 0) is 0 Å². The van der Waals surface area contributed by atoms with E-state index in [1.807, 2.05) is 124 Å². The van der Waals surface area contributed by atoms with Crippen molar-refractivity contribution in [3.63, 3.8) is 0 Å². The van der Waals surface area contributed by atoms with E-state index in [0.717, 1.165) is 136 Å². The maximum atomic E-state index is 14.6. The van der Waals surface area contributed by atoms with Gasteiger partial charge in [-0.25, -0.2) is 54.2 Å². The molecule has 4 amide bonds. The van der Waals surface area contributed by atoms with Crippen LogP contribution < -0.4 is 21.3 Å². The molecule has 8 aliphatic heterocycles. The number of nitrogens with one attached hydrogen (secondary N) is 4. The Labute approximate surface area is 717 Å². The number of carbonyl (C=O) groups excluding carboxylic acids is 4. The highest BCUT2D eigenvalue weighted by Gasteiger charge is 2.48. The van der Waals surface area contributed by atoms with E-state index in [4.69, 9.17) is 46.4 Å². The van der Waals surface area contributed by atoms with E-state index in [1.54, 1.807) is 92.3 Å². The van der Waals surface area contributed by atoms with Gasteiger partial charge < -0.3 is 40.9 Å². The highest BCUT2D eigenvalue weighted by molar-refractivity contribution is 6.31. The second kappa shape index (κ2) is 36.5. The molecular formula is C88H87Cl4FN24O4. The quantitative estimate of drug-likeness (QED) is 0.0698. The van der Waals surface area contributed by atoms with E-state index in [1.165, 1.54) is 23.3 Å². The first-order chi connectivity index (χ1) is 58.9. The summed E-state index contributed by atoms with van der Waals surface area (Å²) in [7, 11) is 0. The van der Waals surface area contributed by atoms with Gasteiger partial charge in [-0.2, -0.15) is 25.2 Å². The third-order valence-corrected chi connectivity index (χ3v) is 25.0. The molecule has 12 unspecified atom stereocenters. The van der Waals surface area contributed by atoms with Crippen molar-refractivity contribution >= 4 is 93.3 Å². The minimum absolute atomic E-state index is 0.00155. The smallest absolute Gasteiger partial charge is 0.273 e. The van der Waals surface area contributed by atoms with Crippen LogP contribution in [0.1, 0.15) is 130 Å². The zero-order valence-corrected chi connectivity index (χ0v) is 69.3. The van der Waals surface area contributed by atoms with Crippen molar-refractivity contribution in [2.24, 2.45) is 23.7 Å². The van der Waals surface area contributed by atoms with Crippen LogP contribution in [0, 0.1) is 43.3 Å². The Morgan fingerprint density at radius 1 is 0.364 bits per heavy atom. The number of hydrogen-bond donors (Lipinski definition) is 4. The number of anilines is 4. The number of carbonyl (C=O) groups is 4. The van der Waals surface area contributed by atoms with Crippen molar-refractivity contribution in [3.8, 4) is 34.3 Å². The third-order valence-electron chi connectivity index (χ3n) is 24.1. The molecule has 0 radical (unpaired) electrons. The van der Waals surface area contributed by atoms with Crippen molar-refractivity contribution in [3.05, 3.63) is 261 Å². The lowest BCUT2D eigenvalue weighted by molar-refractivity contribution is 0.0274. The fraction of sp³-hybridized carbons (Fsp3) is 0.341. The summed E-state index contributed by atoms with van der Waals surface area (Å²) in [5, 5.41) is 32.9. The number of pyridine rings is 6. The van der Waals surface area contributed by atoms with Crippen LogP contribution >= 0.6 is 46.4 Å². The van der Waals surface area contributed by atoms with Gasteiger partial charge in [-0.1, -0.05) is 64.6 Å². The molecule has 618 valence electrons. The number of para-hydroxylation sites is 2. The average Bonchev–Trinajstić information content (AvgIpc) is 1.61. The second-order valence-corrected chi connectivity index (χ2v) is 33.6. The number of aryl methyl sites for hydroxylation is 2. The first-order valence-electron chi connectivity index (χ1n) is 40.8. The first-order valence-corrected chi connectivity index (χ1v) is 42.3. The van der Waals surface area contributed by atoms with Gasteiger partial charge in [0.25, 0.3) is 23.6 Å². The number of aromatic nitrogens is 16. The molecule has 28 nitrogen and oxygen atoms in total. The maximum Gasteiger partial charge on any atom is 0.273 e. The number of fused-ring (bicyclic) bond motifs is 12. The highest BCUT2D eigenvalue weighted by atomic mass is 35.5. The van der Waals surface area contributed by atoms with Crippen molar-refractivity contribution in [1.82, 2.24) is 99.4 Å². The topological polar surface area (TPSA) is 320 Å². The van der Waals surface area contributed by atoms with Crippen LogP contribution in [0.5, 0.6) is 0 Å². The van der Waals surface area contributed by atoms with Gasteiger partial charge in [-0.05, 0) is 224 Å². The zero-order chi connectivity index (χ0) is 83.2. The summed E-state index contributed by atoms with van der Waals surface area (Å²) >= 11 is 23.8. The van der Waals surface area contributed by atoms with Crippen molar-refractivity contribution in [1.29, 1.82) is 0 Å². The lowest BCUT2D eigenvalue weighted by Gasteiger charge is -2.50. The normalized spacial score (nSPS) is 22.7. The molecule has 12 fully saturated rings. The van der Waals surface area contributed by atoms with Crippen molar-refractivity contribution < 1.29 is 23.6 Å². The number of rotatable bonds is 16. The summed E-state index contributed by atoms with van der Waals surface area (Å²) in [5.74, 6) is 5.10. The molecular weight excluding hydrogens is 1620 g/mol. The summed E-state index contributed by atoms with van der Waals surface area (Å²) in [5.41, 5.74) is 5.47. The molecule has 8 saturated heterocycles. The van der Waals surface area contributed by atoms with E-state index in [0.29, 0.717) is 95.7 Å². The molecule has 12 aromatic rings. The van der Waals surface area contributed by atoms with E-state index in [-0.39, 0.29) is 83.2 Å². The van der Waals surface area contributed by atoms with Gasteiger partial charge in [0.2, 0.25) is 0 Å². The van der Waals surface area contributed by atoms with Crippen molar-refractivity contribution in [2.75, 3.05) is 47.4 Å². The van der Waals surface area contributed by atoms with Crippen LogP contribution in [0.2, 0.25) is 20.1 Å². The van der Waals surface area contributed by atoms with Crippen LogP contribution in [0.25, 0.3) is 34.3 Å². The molecule has 121 heavy (non-hydrogen) atoms. The van der Waals surface area contributed by atoms with E-state index in [2.05, 4.69) is 91.5 Å². The lowest BCUT2D eigenvalue weighted by Crippen LogP contribution is -2.60. The molecule has 2 aromatic carbocycles. The second-order valence-electron chi connectivity index (χ2n) is 31.9. The van der Waals surface area contributed by atoms with Crippen molar-refractivity contribution in [2.45, 2.75) is 139 Å². The van der Waals surface area contributed by atoms with Gasteiger partial charge in [0, 0.05) is 111 Å². The lowest BCUT2D eigenvalue weighted by atomic mass is 9.76. The largest absolute Gasteiger partial charge is 0.365 e. The number of piperidine rings is 8. The molecule has 12 aliphatic rings. The molecule has 12 atom stereocenters. The Morgan fingerprint density at radius 2 is 0.744 bits per heavy atom. The summed E-state index contributed by atoms with van der Waals surface area (Å²) in [6, 6.07) is 38.6. The summed E-state index contributed by atoms with van der Waals surface area (Å²) in [4.78, 5) is 109. The van der Waals surface area contributed by atoms with Crippen LogP contribution in [0.15, 0.2) is 202 Å². The molecule has 4 saturated carbocycles. The van der Waals surface area contributed by atoms with Crippen LogP contribution in [0.3, 0.4) is 0 Å². The molecule has 33 heteroatoms. The Morgan fingerprint density at radius 3 is 1.17 bits per heavy atom. The minimum atomic E-state index is -0.528. The molecule has 0 spiro atoms. The number of hydrogen-bond acceptors (Lipinski definition) is 22. The molecule has 4 aliphatic carbocycles. The fourth-order valence-corrected chi connectivity index (χ4v) is 19.0. The van der Waals surface area contributed by atoms with Gasteiger partial charge in [0.05, 0.1) is 97.0 Å². The molecule has 10 aromatic heterocycles. The predicted octanol–water partition coefficient (Wildman–Crippen LogP) is 15.0. The number of benzene rings is 2. The third kappa shape index (κ3) is 18.4. The summed E-state index contributed by atoms with van der Waals surface area (Å²) in [6.45, 7) is 6.77. The molecule has 24 rings (SSSR count). The Balaban J connectivity index is 0.000000115. The highest BCUT2D eigenvalue weighted by Crippen LogP contribution is 2.43. The van der Waals surface area contributed by atoms with Gasteiger partial charge >= 0.3 is 0 Å². The SMILES string of the molecule is Cc1ccc(-c2ncccn2)c(C(=O)N2CC3CCC2C(Nc2ccc(Cl)cn2)C3)n1.Cc1ccc(C(=O)N2CC3CCC2C(Nc2ccc(Cl)cn2)C3)c(-c2ncccn2)n1.O=C(c1cccc(F)c1-n1nccn1)N1CC2CCC1C(Nc1ccc(Cl)cn1)C2.O=C(c1ccccc1-n1nccn1)N1CC2CCC1C(Nc1ccc(Cl)cn1)C2. The van der Waals surface area contributed by atoms with E-state index >= 15 is 0 Å². The molecule has 18 heterocycles. The summed E-state index contributed by atoms with van der Waals surface area (Å²) in [6.07, 6.45) is 31.8. The zero-order valence-electron chi connectivity index (χ0n) is 66.3. The van der Waals surface area contributed by atoms with Gasteiger partial charge in [0.15, 0.2) is 17.5 Å². The van der Waals surface area contributed by atoms with E-state index < -0.39 is 5.82 Å². The number of halogens is 5. The Bertz CT molecular complexity index is 5630. The summed E-state index contributed by atoms with van der Waals surface area (Å²) < 4.78 is 14.6. The fourth-order valence-electron chi connectivity index (χ4n) is 18.6. The van der Waals surface area contributed by atoms with Gasteiger partial charge in [-0.15, -0.1) is 4.80 Å². The van der Waals surface area contributed by atoms with Crippen LogP contribution in [-0.4, -0.2) is 198 Å². The minimum Gasteiger partial charge on any atom is -0.365 e. The Kier molecular flexibility index (Phi) is 24.5. The molecule has 8 bridgehead atoms. The Hall–Kier alpha value is -12.1. The number of amides is 4. The van der Waals surface area contributed by atoms with Crippen LogP contribution in [0.4, 0.5) is 27.7 Å². The maximum absolute atomic E-state index is 14.6. The van der Waals surface area contributed by atoms with Gasteiger partial charge in [0.1, 0.15) is 40.3 Å².